The SMILES string of the molecule is N=Cc1c(-c2cccc(Br)c2)[nH]n(-c2nc3c(s2)=CCCC=3)c1=S. The molecule has 0 saturated heterocycles. The van der Waals surface area contributed by atoms with Crippen LogP contribution >= 0.6 is 39.5 Å². The van der Waals surface area contributed by atoms with Crippen LogP contribution in [0.5, 0.6) is 0 Å². The number of halogens is 1. The molecule has 4 nitrogen and oxygen atoms in total. The number of hydrogen-bond donors (Lipinski definition) is 2. The number of thiazole rings is 1. The highest BCUT2D eigenvalue weighted by Crippen LogP contribution is 2.26. The fourth-order valence-corrected chi connectivity index (χ4v) is 4.49. The predicted molar refractivity (Wildman–Crippen MR) is 105 cm³/mol. The Kier molecular flexibility index (Phi) is 4.07. The Morgan fingerprint density at radius 1 is 1.33 bits per heavy atom. The molecule has 1 aliphatic rings. The molecule has 0 amide bonds. The van der Waals surface area contributed by atoms with Gasteiger partial charge in [-0.3, -0.25) is 5.10 Å². The second-order valence-corrected chi connectivity index (χ2v) is 7.74. The summed E-state index contributed by atoms with van der Waals surface area (Å²) in [4.78, 5) is 4.69. The van der Waals surface area contributed by atoms with Gasteiger partial charge in [0.1, 0.15) is 4.64 Å². The van der Waals surface area contributed by atoms with Crippen molar-refractivity contribution >= 4 is 57.9 Å². The molecule has 0 radical (unpaired) electrons. The third-order valence-electron chi connectivity index (χ3n) is 3.88. The van der Waals surface area contributed by atoms with Crippen molar-refractivity contribution in [2.75, 3.05) is 0 Å². The van der Waals surface area contributed by atoms with Gasteiger partial charge in [0.25, 0.3) is 0 Å². The van der Waals surface area contributed by atoms with E-state index in [1.165, 1.54) is 10.7 Å². The van der Waals surface area contributed by atoms with E-state index in [1.807, 2.05) is 24.3 Å². The van der Waals surface area contributed by atoms with Crippen LogP contribution < -0.4 is 9.88 Å². The minimum absolute atomic E-state index is 0.575. The molecule has 2 heterocycles. The first kappa shape index (κ1) is 15.7. The lowest BCUT2D eigenvalue weighted by atomic mass is 10.1. The van der Waals surface area contributed by atoms with Crippen molar-refractivity contribution < 1.29 is 0 Å². The number of benzene rings is 1. The van der Waals surface area contributed by atoms with Crippen LogP contribution in [0, 0.1) is 10.0 Å². The van der Waals surface area contributed by atoms with Gasteiger partial charge in [-0.15, -0.1) is 0 Å². The quantitative estimate of drug-likeness (QED) is 0.504. The summed E-state index contributed by atoms with van der Waals surface area (Å²) >= 11 is 10.7. The van der Waals surface area contributed by atoms with Crippen molar-refractivity contribution in [1.29, 1.82) is 5.41 Å². The van der Waals surface area contributed by atoms with E-state index in [1.54, 1.807) is 16.0 Å². The van der Waals surface area contributed by atoms with Crippen LogP contribution in [-0.4, -0.2) is 21.0 Å². The van der Waals surface area contributed by atoms with E-state index in [2.05, 4.69) is 33.2 Å². The van der Waals surface area contributed by atoms with Gasteiger partial charge in [-0.25, -0.2) is 9.67 Å². The van der Waals surface area contributed by atoms with Crippen molar-refractivity contribution in [1.82, 2.24) is 14.8 Å². The molecule has 1 aromatic carbocycles. The van der Waals surface area contributed by atoms with Gasteiger partial charge in [-0.2, -0.15) is 0 Å². The van der Waals surface area contributed by atoms with E-state index in [0.717, 1.165) is 39.1 Å². The molecule has 2 aromatic heterocycles. The lowest BCUT2D eigenvalue weighted by molar-refractivity contribution is 0.857. The van der Waals surface area contributed by atoms with Crippen LogP contribution in [0.15, 0.2) is 28.7 Å². The second-order valence-electron chi connectivity index (χ2n) is 5.43. The Morgan fingerprint density at radius 2 is 2.17 bits per heavy atom. The molecule has 120 valence electrons. The second kappa shape index (κ2) is 6.23. The smallest absolute Gasteiger partial charge is 0.211 e. The van der Waals surface area contributed by atoms with Crippen LogP contribution in [0.3, 0.4) is 0 Å². The molecule has 0 bridgehead atoms. The zero-order valence-corrected chi connectivity index (χ0v) is 15.8. The summed E-state index contributed by atoms with van der Waals surface area (Å²) in [6.07, 6.45) is 7.77. The number of rotatable bonds is 3. The van der Waals surface area contributed by atoms with Crippen molar-refractivity contribution in [3.63, 3.8) is 0 Å². The molecular formula is C17H13BrN4S2. The fraction of sp³-hybridized carbons (Fsp3) is 0.118. The van der Waals surface area contributed by atoms with Gasteiger partial charge in [0, 0.05) is 16.3 Å². The first-order valence-electron chi connectivity index (χ1n) is 7.46. The van der Waals surface area contributed by atoms with E-state index >= 15 is 0 Å². The standard InChI is InChI=1S/C17H13BrN4S2/c18-11-5-3-4-10(8-11)15-12(9-19)16(23)22(21-15)17-20-13-6-1-2-7-14(13)24-17/h3-9,19,21H,1-2H2. The molecule has 7 heteroatoms. The Balaban J connectivity index is 1.94. The van der Waals surface area contributed by atoms with Crippen LogP contribution in [-0.2, 0) is 0 Å². The maximum absolute atomic E-state index is 7.77. The summed E-state index contributed by atoms with van der Waals surface area (Å²) in [5.41, 5.74) is 2.51. The summed E-state index contributed by atoms with van der Waals surface area (Å²) in [5.74, 6) is 0. The fourth-order valence-electron chi connectivity index (χ4n) is 2.74. The molecule has 0 unspecified atom stereocenters. The van der Waals surface area contributed by atoms with Gasteiger partial charge in [0.2, 0.25) is 5.13 Å². The third kappa shape index (κ3) is 2.62. The highest BCUT2D eigenvalue weighted by atomic mass is 79.9. The molecule has 0 spiro atoms. The van der Waals surface area contributed by atoms with Crippen molar-refractivity contribution in [3.8, 4) is 16.4 Å². The van der Waals surface area contributed by atoms with Gasteiger partial charge in [-0.05, 0) is 25.0 Å². The number of aromatic amines is 1. The molecule has 2 N–H and O–H groups in total. The first-order valence-corrected chi connectivity index (χ1v) is 9.48. The maximum Gasteiger partial charge on any atom is 0.211 e. The zero-order valence-electron chi connectivity index (χ0n) is 12.5. The highest BCUT2D eigenvalue weighted by Gasteiger charge is 2.15. The highest BCUT2D eigenvalue weighted by molar-refractivity contribution is 9.10. The summed E-state index contributed by atoms with van der Waals surface area (Å²) in [6.45, 7) is 0. The molecule has 3 aromatic rings. The minimum atomic E-state index is 0.575. The van der Waals surface area contributed by atoms with E-state index < -0.39 is 0 Å². The normalized spacial score (nSPS) is 13.0. The van der Waals surface area contributed by atoms with Crippen molar-refractivity contribution in [3.05, 3.63) is 48.8 Å². The molecular weight excluding hydrogens is 404 g/mol. The summed E-state index contributed by atoms with van der Waals surface area (Å²) in [7, 11) is 0. The average molecular weight is 417 g/mol. The zero-order chi connectivity index (χ0) is 16.7. The summed E-state index contributed by atoms with van der Waals surface area (Å²) < 4.78 is 4.55. The van der Waals surface area contributed by atoms with E-state index in [9.17, 15) is 0 Å². The Labute approximate surface area is 155 Å². The van der Waals surface area contributed by atoms with E-state index in [4.69, 9.17) is 22.6 Å². The monoisotopic (exact) mass is 416 g/mol. The molecule has 24 heavy (non-hydrogen) atoms. The van der Waals surface area contributed by atoms with Gasteiger partial charge >= 0.3 is 0 Å². The number of aromatic nitrogens is 3. The number of H-pyrrole nitrogens is 1. The average Bonchev–Trinajstić information content (AvgIpc) is 3.15. The van der Waals surface area contributed by atoms with Gasteiger partial charge in [0.15, 0.2) is 0 Å². The molecule has 0 fully saturated rings. The lowest BCUT2D eigenvalue weighted by Crippen LogP contribution is -2.22. The van der Waals surface area contributed by atoms with Crippen molar-refractivity contribution in [2.24, 2.45) is 0 Å². The summed E-state index contributed by atoms with van der Waals surface area (Å²) in [6, 6.07) is 7.94. The molecule has 0 saturated carbocycles. The maximum atomic E-state index is 7.77. The number of fused-ring (bicyclic) bond motifs is 1. The number of nitrogens with zero attached hydrogens (tertiary/aromatic N) is 2. The van der Waals surface area contributed by atoms with Gasteiger partial charge in [-0.1, -0.05) is 63.8 Å². The third-order valence-corrected chi connectivity index (χ3v) is 5.83. The van der Waals surface area contributed by atoms with Crippen LogP contribution in [0.2, 0.25) is 0 Å². The minimum Gasteiger partial charge on any atom is -0.308 e. The van der Waals surface area contributed by atoms with E-state index in [-0.39, 0.29) is 0 Å². The Morgan fingerprint density at radius 3 is 2.92 bits per heavy atom. The Bertz CT molecular complexity index is 1090. The van der Waals surface area contributed by atoms with Crippen LogP contribution in [0.25, 0.3) is 28.5 Å². The summed E-state index contributed by atoms with van der Waals surface area (Å²) in [5, 5.41) is 12.9. The van der Waals surface area contributed by atoms with E-state index in [0.29, 0.717) is 10.2 Å². The van der Waals surface area contributed by atoms with Gasteiger partial charge < -0.3 is 5.41 Å². The Hall–Kier alpha value is -1.83. The topological polar surface area (TPSA) is 57.5 Å². The molecule has 0 aliphatic heterocycles. The van der Waals surface area contributed by atoms with Crippen LogP contribution in [0.4, 0.5) is 0 Å². The molecule has 4 rings (SSSR count). The predicted octanol–water partition coefficient (Wildman–Crippen LogP) is 3.77. The largest absolute Gasteiger partial charge is 0.308 e. The molecule has 0 atom stereocenters. The molecule has 1 aliphatic carbocycles. The van der Waals surface area contributed by atoms with Gasteiger partial charge in [0.05, 0.1) is 21.1 Å². The lowest BCUT2D eigenvalue weighted by Gasteiger charge is -2.00. The number of hydrogen-bond acceptors (Lipinski definition) is 4. The van der Waals surface area contributed by atoms with Crippen LogP contribution in [0.1, 0.15) is 18.4 Å². The van der Waals surface area contributed by atoms with Crippen molar-refractivity contribution in [2.45, 2.75) is 12.8 Å². The number of nitrogens with one attached hydrogen (secondary N) is 2. The first-order chi connectivity index (χ1) is 11.7.